The predicted molar refractivity (Wildman–Crippen MR) is 69.5 cm³/mol. The van der Waals surface area contributed by atoms with Crippen LogP contribution in [0.5, 0.6) is 0 Å². The minimum Gasteiger partial charge on any atom is -0.392 e. The Bertz CT molecular complexity index is 345. The van der Waals surface area contributed by atoms with Gasteiger partial charge in [0.2, 0.25) is 0 Å². The number of fused-ring (bicyclic) bond motifs is 1. The molecule has 0 aromatic heterocycles. The third kappa shape index (κ3) is 2.34. The van der Waals surface area contributed by atoms with Crippen molar-refractivity contribution in [2.45, 2.75) is 45.6 Å². The lowest BCUT2D eigenvalue weighted by Crippen LogP contribution is -2.41. The summed E-state index contributed by atoms with van der Waals surface area (Å²) in [6.45, 7) is 8.52. The molecule has 1 saturated carbocycles. The van der Waals surface area contributed by atoms with E-state index < -0.39 is 0 Å². The fourth-order valence-electron chi connectivity index (χ4n) is 3.80. The number of rotatable bonds is 2. The Labute approximate surface area is 104 Å². The van der Waals surface area contributed by atoms with Gasteiger partial charge in [0.25, 0.3) is 0 Å². The average Bonchev–Trinajstić information content (AvgIpc) is 2.26. The van der Waals surface area contributed by atoms with Crippen molar-refractivity contribution in [3.05, 3.63) is 23.8 Å². The summed E-state index contributed by atoms with van der Waals surface area (Å²) in [7, 11) is 0. The maximum Gasteiger partial charge on any atom is 0.0728 e. The third-order valence-electron chi connectivity index (χ3n) is 4.89. The van der Waals surface area contributed by atoms with Crippen molar-refractivity contribution >= 4 is 0 Å². The maximum absolute atomic E-state index is 9.87. The molecule has 2 rings (SSSR count). The Hall–Kier alpha value is -0.600. The molecule has 0 saturated heterocycles. The molecule has 0 amide bonds. The number of aliphatic hydroxyl groups is 2. The van der Waals surface area contributed by atoms with Gasteiger partial charge in [0, 0.05) is 0 Å². The first-order valence-electron chi connectivity index (χ1n) is 6.61. The minimum absolute atomic E-state index is 0.111. The van der Waals surface area contributed by atoms with Gasteiger partial charge in [-0.1, -0.05) is 25.2 Å². The largest absolute Gasteiger partial charge is 0.392 e. The number of aliphatic hydroxyl groups excluding tert-OH is 2. The van der Waals surface area contributed by atoms with Gasteiger partial charge >= 0.3 is 0 Å². The molecule has 2 N–H and O–H groups in total. The molecule has 2 heteroatoms. The highest BCUT2D eigenvalue weighted by molar-refractivity contribution is 5.19. The third-order valence-corrected chi connectivity index (χ3v) is 4.89. The zero-order valence-electron chi connectivity index (χ0n) is 10.9. The van der Waals surface area contributed by atoms with Crippen LogP contribution in [0.2, 0.25) is 0 Å². The number of hydrogen-bond acceptors (Lipinski definition) is 2. The first-order chi connectivity index (χ1) is 7.96. The highest BCUT2D eigenvalue weighted by Crippen LogP contribution is 2.52. The Morgan fingerprint density at radius 1 is 1.59 bits per heavy atom. The summed E-state index contributed by atoms with van der Waals surface area (Å²) in [5, 5.41) is 19.1. The first kappa shape index (κ1) is 12.8. The quantitative estimate of drug-likeness (QED) is 0.724. The summed E-state index contributed by atoms with van der Waals surface area (Å²) >= 11 is 0. The zero-order chi connectivity index (χ0) is 12.6. The molecule has 0 heterocycles. The summed E-state index contributed by atoms with van der Waals surface area (Å²) in [6.07, 6.45) is 5.94. The van der Waals surface area contributed by atoms with E-state index in [0.717, 1.165) is 31.3 Å². The smallest absolute Gasteiger partial charge is 0.0728 e. The van der Waals surface area contributed by atoms with Crippen molar-refractivity contribution in [3.63, 3.8) is 0 Å². The van der Waals surface area contributed by atoms with Gasteiger partial charge in [0.05, 0.1) is 12.7 Å². The summed E-state index contributed by atoms with van der Waals surface area (Å²) in [6, 6.07) is 0. The maximum atomic E-state index is 9.87. The molecule has 0 radical (unpaired) electrons. The van der Waals surface area contributed by atoms with Crippen LogP contribution in [0, 0.1) is 17.3 Å². The van der Waals surface area contributed by atoms with E-state index in [-0.39, 0.29) is 18.1 Å². The summed E-state index contributed by atoms with van der Waals surface area (Å²) in [5.74, 6) is 1.00. The normalized spacial score (nSPS) is 41.6. The molecule has 2 nitrogen and oxygen atoms in total. The van der Waals surface area contributed by atoms with E-state index in [1.807, 2.05) is 6.08 Å². The van der Waals surface area contributed by atoms with Crippen LogP contribution < -0.4 is 0 Å². The summed E-state index contributed by atoms with van der Waals surface area (Å²) in [5.41, 5.74) is 2.54. The van der Waals surface area contributed by atoms with Crippen molar-refractivity contribution in [2.75, 3.05) is 6.61 Å². The Balaban J connectivity index is 2.18. The van der Waals surface area contributed by atoms with Crippen LogP contribution >= 0.6 is 0 Å². The monoisotopic (exact) mass is 236 g/mol. The SMILES string of the molecule is C=C(CO)[C@H]1CC[C@@]2(C)C[C@@H](O)C=C(C)[C@@H]2C1. The predicted octanol–water partition coefficient (Wildman–Crippen LogP) is 2.67. The van der Waals surface area contributed by atoms with Gasteiger partial charge in [-0.3, -0.25) is 0 Å². The molecule has 2 aliphatic carbocycles. The van der Waals surface area contributed by atoms with Crippen molar-refractivity contribution in [1.29, 1.82) is 0 Å². The van der Waals surface area contributed by atoms with Gasteiger partial charge in [-0.05, 0) is 55.4 Å². The van der Waals surface area contributed by atoms with Crippen LogP contribution in [0.4, 0.5) is 0 Å². The van der Waals surface area contributed by atoms with E-state index in [1.165, 1.54) is 5.57 Å². The molecule has 0 spiro atoms. The molecule has 0 unspecified atom stereocenters. The van der Waals surface area contributed by atoms with E-state index in [4.69, 9.17) is 0 Å². The second kappa shape index (κ2) is 4.58. The standard InChI is InChI=1S/C15H24O2/c1-10-6-13(17)8-15(3)5-4-12(7-14(10)15)11(2)9-16/h6,12-14,16-17H,2,4-5,7-9H2,1,3H3/t12-,13-,14-,15-/m0/s1. The lowest BCUT2D eigenvalue weighted by atomic mass is 9.57. The number of hydrogen-bond donors (Lipinski definition) is 2. The van der Waals surface area contributed by atoms with Crippen LogP contribution in [0.15, 0.2) is 23.8 Å². The molecule has 2 aliphatic rings. The minimum atomic E-state index is -0.270. The molecule has 0 aliphatic heterocycles. The van der Waals surface area contributed by atoms with E-state index in [9.17, 15) is 10.2 Å². The molecule has 96 valence electrons. The lowest BCUT2D eigenvalue weighted by molar-refractivity contribution is 0.0411. The Kier molecular flexibility index (Phi) is 3.46. The van der Waals surface area contributed by atoms with Crippen molar-refractivity contribution in [3.8, 4) is 0 Å². The second-order valence-electron chi connectivity index (χ2n) is 6.18. The fraction of sp³-hybridized carbons (Fsp3) is 0.733. The topological polar surface area (TPSA) is 40.5 Å². The Morgan fingerprint density at radius 2 is 2.29 bits per heavy atom. The summed E-state index contributed by atoms with van der Waals surface area (Å²) < 4.78 is 0. The van der Waals surface area contributed by atoms with Gasteiger partial charge in [0.15, 0.2) is 0 Å². The molecule has 17 heavy (non-hydrogen) atoms. The van der Waals surface area contributed by atoms with Gasteiger partial charge in [-0.25, -0.2) is 0 Å². The molecular weight excluding hydrogens is 212 g/mol. The first-order valence-corrected chi connectivity index (χ1v) is 6.61. The van der Waals surface area contributed by atoms with Crippen LogP contribution in [-0.2, 0) is 0 Å². The molecule has 0 aromatic rings. The highest BCUT2D eigenvalue weighted by atomic mass is 16.3. The van der Waals surface area contributed by atoms with Crippen LogP contribution in [0.25, 0.3) is 0 Å². The Morgan fingerprint density at radius 3 is 2.94 bits per heavy atom. The zero-order valence-corrected chi connectivity index (χ0v) is 10.9. The van der Waals surface area contributed by atoms with E-state index in [2.05, 4.69) is 20.4 Å². The van der Waals surface area contributed by atoms with Gasteiger partial charge in [0.1, 0.15) is 0 Å². The molecular formula is C15H24O2. The van der Waals surface area contributed by atoms with Crippen LogP contribution in [0.1, 0.15) is 39.5 Å². The van der Waals surface area contributed by atoms with Crippen molar-refractivity contribution < 1.29 is 10.2 Å². The molecule has 0 bridgehead atoms. The summed E-state index contributed by atoms with van der Waals surface area (Å²) in [4.78, 5) is 0. The van der Waals surface area contributed by atoms with E-state index in [0.29, 0.717) is 11.8 Å². The van der Waals surface area contributed by atoms with Crippen LogP contribution in [-0.4, -0.2) is 22.9 Å². The van der Waals surface area contributed by atoms with Gasteiger partial charge in [-0.2, -0.15) is 0 Å². The van der Waals surface area contributed by atoms with E-state index >= 15 is 0 Å². The number of allylic oxidation sites excluding steroid dienone is 1. The van der Waals surface area contributed by atoms with Gasteiger partial charge < -0.3 is 10.2 Å². The second-order valence-corrected chi connectivity index (χ2v) is 6.18. The fourth-order valence-corrected chi connectivity index (χ4v) is 3.80. The molecule has 1 fully saturated rings. The van der Waals surface area contributed by atoms with E-state index in [1.54, 1.807) is 0 Å². The average molecular weight is 236 g/mol. The van der Waals surface area contributed by atoms with Crippen molar-refractivity contribution in [1.82, 2.24) is 0 Å². The molecule has 0 aromatic carbocycles. The van der Waals surface area contributed by atoms with Gasteiger partial charge in [-0.15, -0.1) is 0 Å². The van der Waals surface area contributed by atoms with Crippen LogP contribution in [0.3, 0.4) is 0 Å². The van der Waals surface area contributed by atoms with Crippen molar-refractivity contribution in [2.24, 2.45) is 17.3 Å². The highest BCUT2D eigenvalue weighted by Gasteiger charge is 2.44. The lowest BCUT2D eigenvalue weighted by Gasteiger charge is -2.49. The molecule has 4 atom stereocenters.